The molecule has 0 N–H and O–H groups in total. The molecule has 5 nitrogen and oxygen atoms in total. The second-order valence-corrected chi connectivity index (χ2v) is 12.0. The lowest BCUT2D eigenvalue weighted by Crippen LogP contribution is -2.32. The van der Waals surface area contributed by atoms with Crippen molar-refractivity contribution in [2.75, 3.05) is 32.8 Å². The van der Waals surface area contributed by atoms with Crippen LogP contribution in [0.1, 0.15) is 65.5 Å². The van der Waals surface area contributed by atoms with Crippen molar-refractivity contribution in [3.63, 3.8) is 0 Å². The van der Waals surface area contributed by atoms with Crippen molar-refractivity contribution in [3.05, 3.63) is 64.4 Å². The number of piperidine rings is 1. The third-order valence-electron chi connectivity index (χ3n) is 7.00. The molecule has 1 aliphatic rings. The van der Waals surface area contributed by atoms with Crippen LogP contribution in [-0.4, -0.2) is 42.3 Å². The average Bonchev–Trinajstić information content (AvgIpc) is 3.31. The van der Waals surface area contributed by atoms with Gasteiger partial charge in [0.1, 0.15) is 11.5 Å². The largest absolute Gasteiger partial charge is 0.494 e. The Labute approximate surface area is 233 Å². The molecule has 2 heterocycles. The molecule has 0 saturated carbocycles. The maximum absolute atomic E-state index is 5.98. The number of hydrogen-bond acceptors (Lipinski definition) is 5. The van der Waals surface area contributed by atoms with Gasteiger partial charge in [0.2, 0.25) is 0 Å². The second kappa shape index (κ2) is 14.5. The highest BCUT2D eigenvalue weighted by molar-refractivity contribution is 7.07. The molecule has 1 aliphatic heterocycles. The number of likely N-dealkylation sites (tertiary alicyclic amines) is 1. The predicted molar refractivity (Wildman–Crippen MR) is 159 cm³/mol. The van der Waals surface area contributed by atoms with Crippen LogP contribution < -0.4 is 14.3 Å². The summed E-state index contributed by atoms with van der Waals surface area (Å²) in [6, 6.07) is 16.6. The zero-order valence-electron chi connectivity index (χ0n) is 23.7. The summed E-state index contributed by atoms with van der Waals surface area (Å²) in [5.41, 5.74) is 3.37. The first kappa shape index (κ1) is 28.4. The summed E-state index contributed by atoms with van der Waals surface area (Å²) in [5, 5.41) is 2.28. The van der Waals surface area contributed by atoms with Crippen LogP contribution in [0.4, 0.5) is 5.69 Å². The Hall–Kier alpha value is -2.57. The van der Waals surface area contributed by atoms with Crippen LogP contribution in [0.15, 0.2) is 58.9 Å². The number of aromatic nitrogens is 1. The van der Waals surface area contributed by atoms with Crippen LogP contribution in [0.5, 0.6) is 11.5 Å². The van der Waals surface area contributed by atoms with Crippen molar-refractivity contribution in [2.45, 2.75) is 66.2 Å². The summed E-state index contributed by atoms with van der Waals surface area (Å²) in [6.07, 6.45) is 7.14. The van der Waals surface area contributed by atoms with E-state index in [1.54, 1.807) is 11.3 Å². The van der Waals surface area contributed by atoms with Crippen LogP contribution in [0.25, 0.3) is 5.69 Å². The minimum atomic E-state index is 0.642. The molecule has 1 aromatic heterocycles. The highest BCUT2D eigenvalue weighted by Gasteiger charge is 2.13. The lowest BCUT2D eigenvalue weighted by molar-refractivity contribution is 0.230. The van der Waals surface area contributed by atoms with E-state index in [1.165, 1.54) is 38.0 Å². The molecule has 0 bridgehead atoms. The number of hydrogen-bond donors (Lipinski definition) is 0. The molecule has 0 unspecified atom stereocenters. The van der Waals surface area contributed by atoms with Gasteiger partial charge in [-0.25, -0.2) is 4.99 Å². The standard InChI is InChI=1S/C32H45N3O2S/c1-25(2)17-22-36-30-12-8-27(9-13-30)33-32-35(28-10-14-31(15-11-28)37-23-18-26(3)4)29(24-38-32)16-21-34-19-6-5-7-20-34/h8-15,24-26H,5-7,16-23H2,1-4H3. The molecule has 0 amide bonds. The quantitative estimate of drug-likeness (QED) is 0.226. The third kappa shape index (κ3) is 8.74. The van der Waals surface area contributed by atoms with Crippen molar-refractivity contribution < 1.29 is 9.47 Å². The highest BCUT2D eigenvalue weighted by Crippen LogP contribution is 2.22. The molecule has 0 radical (unpaired) electrons. The van der Waals surface area contributed by atoms with Gasteiger partial charge in [0.25, 0.3) is 0 Å². The van der Waals surface area contributed by atoms with Crippen LogP contribution in [0, 0.1) is 11.8 Å². The average molecular weight is 536 g/mol. The fourth-order valence-corrected chi connectivity index (χ4v) is 5.52. The fourth-order valence-electron chi connectivity index (χ4n) is 4.57. The first-order valence-corrected chi connectivity index (χ1v) is 15.3. The summed E-state index contributed by atoms with van der Waals surface area (Å²) in [7, 11) is 0. The Morgan fingerprint density at radius 3 is 1.95 bits per heavy atom. The normalized spacial score (nSPS) is 14.9. The van der Waals surface area contributed by atoms with E-state index < -0.39 is 0 Å². The Kier molecular flexibility index (Phi) is 10.9. The second-order valence-electron chi connectivity index (χ2n) is 11.2. The summed E-state index contributed by atoms with van der Waals surface area (Å²) in [6.45, 7) is 13.9. The highest BCUT2D eigenvalue weighted by atomic mass is 32.1. The molecule has 1 saturated heterocycles. The Bertz CT molecular complexity index is 1160. The molecule has 1 fully saturated rings. The molecular formula is C32H45N3O2S. The minimum absolute atomic E-state index is 0.642. The van der Waals surface area contributed by atoms with Crippen molar-refractivity contribution in [2.24, 2.45) is 16.8 Å². The zero-order chi connectivity index (χ0) is 26.7. The summed E-state index contributed by atoms with van der Waals surface area (Å²) in [4.78, 5) is 8.64. The fraction of sp³-hybridized carbons (Fsp3) is 0.531. The summed E-state index contributed by atoms with van der Waals surface area (Å²) < 4.78 is 14.2. The van der Waals surface area contributed by atoms with Crippen molar-refractivity contribution in [1.29, 1.82) is 0 Å². The number of rotatable bonds is 13. The molecule has 206 valence electrons. The van der Waals surface area contributed by atoms with Gasteiger partial charge in [0, 0.05) is 29.7 Å². The molecule has 0 atom stereocenters. The van der Waals surface area contributed by atoms with Gasteiger partial charge in [-0.1, -0.05) is 34.1 Å². The van der Waals surface area contributed by atoms with Crippen LogP contribution in [0.2, 0.25) is 0 Å². The van der Waals surface area contributed by atoms with Gasteiger partial charge in [0.05, 0.1) is 18.9 Å². The van der Waals surface area contributed by atoms with Gasteiger partial charge in [-0.3, -0.25) is 4.57 Å². The summed E-state index contributed by atoms with van der Waals surface area (Å²) >= 11 is 1.71. The van der Waals surface area contributed by atoms with Crippen molar-refractivity contribution in [3.8, 4) is 17.2 Å². The van der Waals surface area contributed by atoms with Gasteiger partial charge in [-0.15, -0.1) is 11.3 Å². The van der Waals surface area contributed by atoms with E-state index >= 15 is 0 Å². The van der Waals surface area contributed by atoms with E-state index in [1.807, 2.05) is 24.3 Å². The number of thiazole rings is 1. The lowest BCUT2D eigenvalue weighted by Gasteiger charge is -2.26. The molecular weight excluding hydrogens is 490 g/mol. The molecule has 3 aromatic rings. The van der Waals surface area contributed by atoms with Crippen LogP contribution >= 0.6 is 11.3 Å². The number of nitrogens with zero attached hydrogens (tertiary/aromatic N) is 3. The topological polar surface area (TPSA) is 39.0 Å². The minimum Gasteiger partial charge on any atom is -0.494 e. The SMILES string of the molecule is CC(C)CCOc1ccc(N=c2scc(CCN3CCCCC3)n2-c2ccc(OCCC(C)C)cc2)cc1. The van der Waals surface area contributed by atoms with E-state index in [0.29, 0.717) is 11.8 Å². The molecule has 0 aliphatic carbocycles. The van der Waals surface area contributed by atoms with Crippen LogP contribution in [0.3, 0.4) is 0 Å². The molecule has 6 heteroatoms. The van der Waals surface area contributed by atoms with Crippen molar-refractivity contribution in [1.82, 2.24) is 9.47 Å². The van der Waals surface area contributed by atoms with Crippen LogP contribution in [-0.2, 0) is 6.42 Å². The first-order chi connectivity index (χ1) is 18.5. The van der Waals surface area contributed by atoms with Gasteiger partial charge >= 0.3 is 0 Å². The predicted octanol–water partition coefficient (Wildman–Crippen LogP) is 7.65. The zero-order valence-corrected chi connectivity index (χ0v) is 24.5. The molecule has 0 spiro atoms. The Balaban J connectivity index is 1.55. The van der Waals surface area contributed by atoms with Crippen molar-refractivity contribution >= 4 is 17.0 Å². The molecule has 38 heavy (non-hydrogen) atoms. The third-order valence-corrected chi connectivity index (χ3v) is 7.87. The maximum atomic E-state index is 5.98. The lowest BCUT2D eigenvalue weighted by atomic mass is 10.1. The van der Waals surface area contributed by atoms with Gasteiger partial charge in [0.15, 0.2) is 4.80 Å². The van der Waals surface area contributed by atoms with E-state index in [-0.39, 0.29) is 0 Å². The Morgan fingerprint density at radius 1 is 0.789 bits per heavy atom. The maximum Gasteiger partial charge on any atom is 0.194 e. The first-order valence-electron chi connectivity index (χ1n) is 14.4. The van der Waals surface area contributed by atoms with Gasteiger partial charge < -0.3 is 14.4 Å². The number of benzene rings is 2. The van der Waals surface area contributed by atoms with E-state index in [4.69, 9.17) is 14.5 Å². The smallest absolute Gasteiger partial charge is 0.194 e. The van der Waals surface area contributed by atoms with E-state index in [2.05, 4.69) is 66.8 Å². The van der Waals surface area contributed by atoms with E-state index in [9.17, 15) is 0 Å². The molecule has 4 rings (SSSR count). The van der Waals surface area contributed by atoms with Gasteiger partial charge in [-0.05, 0) is 99.1 Å². The van der Waals surface area contributed by atoms with Gasteiger partial charge in [-0.2, -0.15) is 0 Å². The Morgan fingerprint density at radius 2 is 1.37 bits per heavy atom. The summed E-state index contributed by atoms with van der Waals surface area (Å²) in [5.74, 6) is 3.11. The van der Waals surface area contributed by atoms with E-state index in [0.717, 1.165) is 66.7 Å². The molecule has 2 aromatic carbocycles. The monoisotopic (exact) mass is 535 g/mol. The number of ether oxygens (including phenoxy) is 2.